The van der Waals surface area contributed by atoms with Crippen LogP contribution in [0.3, 0.4) is 0 Å². The maximum absolute atomic E-state index is 11.0. The van der Waals surface area contributed by atoms with Gasteiger partial charge < -0.3 is 10.4 Å². The van der Waals surface area contributed by atoms with Gasteiger partial charge in [0.1, 0.15) is 6.04 Å². The summed E-state index contributed by atoms with van der Waals surface area (Å²) >= 11 is 0. The van der Waals surface area contributed by atoms with Gasteiger partial charge in [-0.1, -0.05) is 43.7 Å². The summed E-state index contributed by atoms with van der Waals surface area (Å²) in [7, 11) is 0. The Labute approximate surface area is 90.1 Å². The van der Waals surface area contributed by atoms with Gasteiger partial charge in [0.2, 0.25) is 0 Å². The first-order valence-corrected chi connectivity index (χ1v) is 5.27. The van der Waals surface area contributed by atoms with Gasteiger partial charge in [0.05, 0.1) is 0 Å². The molecule has 0 saturated carbocycles. The van der Waals surface area contributed by atoms with Crippen LogP contribution in [-0.2, 0) is 4.79 Å². The van der Waals surface area contributed by atoms with Crippen LogP contribution in [0.4, 0.5) is 0 Å². The molecule has 0 aromatic heterocycles. The van der Waals surface area contributed by atoms with E-state index in [1.54, 1.807) is 0 Å². The van der Waals surface area contributed by atoms with Gasteiger partial charge in [0, 0.05) is 0 Å². The zero-order valence-corrected chi connectivity index (χ0v) is 8.94. The third-order valence-electron chi connectivity index (χ3n) is 2.26. The summed E-state index contributed by atoms with van der Waals surface area (Å²) in [5.74, 6) is -0.822. The first-order chi connectivity index (χ1) is 7.25. The summed E-state index contributed by atoms with van der Waals surface area (Å²) in [5, 5.41) is 12.1. The molecule has 0 aliphatic carbocycles. The number of aliphatic carboxylic acids is 1. The Morgan fingerprint density at radius 1 is 1.40 bits per heavy atom. The lowest BCUT2D eigenvalue weighted by atomic mass is 10.1. The number of hydrogen-bond acceptors (Lipinski definition) is 2. The number of rotatable bonds is 6. The molecule has 1 rings (SSSR count). The van der Waals surface area contributed by atoms with Gasteiger partial charge in [-0.25, -0.2) is 0 Å². The molecule has 0 bridgehead atoms. The fourth-order valence-electron chi connectivity index (χ4n) is 1.42. The van der Waals surface area contributed by atoms with Crippen molar-refractivity contribution in [1.29, 1.82) is 0 Å². The zero-order valence-electron chi connectivity index (χ0n) is 8.94. The molecule has 2 N–H and O–H groups in total. The lowest BCUT2D eigenvalue weighted by molar-refractivity contribution is -0.139. The molecule has 1 aromatic carbocycles. The molecule has 0 aliphatic rings. The van der Waals surface area contributed by atoms with Crippen molar-refractivity contribution in [2.24, 2.45) is 0 Å². The molecule has 15 heavy (non-hydrogen) atoms. The van der Waals surface area contributed by atoms with Crippen molar-refractivity contribution in [2.45, 2.75) is 25.8 Å². The van der Waals surface area contributed by atoms with Crippen LogP contribution in [0.5, 0.6) is 0 Å². The van der Waals surface area contributed by atoms with E-state index in [-0.39, 0.29) is 0 Å². The smallest absolute Gasteiger partial charge is 0.325 e. The quantitative estimate of drug-likeness (QED) is 0.703. The predicted molar refractivity (Wildman–Crippen MR) is 59.7 cm³/mol. The van der Waals surface area contributed by atoms with E-state index in [0.29, 0.717) is 0 Å². The highest BCUT2D eigenvalue weighted by Crippen LogP contribution is 2.12. The Balaban J connectivity index is 2.62. The summed E-state index contributed by atoms with van der Waals surface area (Å²) in [6.07, 6.45) is 2.06. The van der Waals surface area contributed by atoms with Crippen molar-refractivity contribution in [2.75, 3.05) is 6.54 Å². The fraction of sp³-hybridized carbons (Fsp3) is 0.417. The van der Waals surface area contributed by atoms with Gasteiger partial charge in [-0.05, 0) is 18.5 Å². The van der Waals surface area contributed by atoms with Gasteiger partial charge in [0.25, 0.3) is 0 Å². The summed E-state index contributed by atoms with van der Waals surface area (Å²) < 4.78 is 0. The van der Waals surface area contributed by atoms with E-state index < -0.39 is 12.0 Å². The lowest BCUT2D eigenvalue weighted by Gasteiger charge is -2.14. The second-order valence-corrected chi connectivity index (χ2v) is 3.49. The fourth-order valence-corrected chi connectivity index (χ4v) is 1.42. The third kappa shape index (κ3) is 3.72. The molecule has 3 nitrogen and oxygen atoms in total. The Hall–Kier alpha value is -1.35. The number of carboxylic acids is 1. The molecule has 3 heteroatoms. The molecule has 0 fully saturated rings. The Morgan fingerprint density at radius 2 is 2.07 bits per heavy atom. The molecule has 82 valence electrons. The topological polar surface area (TPSA) is 49.3 Å². The van der Waals surface area contributed by atoms with E-state index in [4.69, 9.17) is 5.11 Å². The van der Waals surface area contributed by atoms with Gasteiger partial charge in [-0.15, -0.1) is 0 Å². The van der Waals surface area contributed by atoms with Crippen LogP contribution in [0.15, 0.2) is 30.3 Å². The number of unbranched alkanes of at least 4 members (excludes halogenated alkanes) is 1. The summed E-state index contributed by atoms with van der Waals surface area (Å²) in [6, 6.07) is 8.67. The molecular formula is C12H17NO2. The molecule has 1 atom stereocenters. The molecule has 0 aliphatic heterocycles. The number of nitrogens with one attached hydrogen (secondary N) is 1. The minimum atomic E-state index is -0.822. The second-order valence-electron chi connectivity index (χ2n) is 3.49. The highest BCUT2D eigenvalue weighted by Gasteiger charge is 2.17. The molecule has 0 heterocycles. The first kappa shape index (κ1) is 11.7. The number of benzene rings is 1. The van der Waals surface area contributed by atoms with Crippen molar-refractivity contribution in [3.8, 4) is 0 Å². The van der Waals surface area contributed by atoms with Gasteiger partial charge in [-0.3, -0.25) is 4.79 Å². The molecule has 0 spiro atoms. The van der Waals surface area contributed by atoms with E-state index in [0.717, 1.165) is 24.9 Å². The van der Waals surface area contributed by atoms with Crippen molar-refractivity contribution in [1.82, 2.24) is 5.32 Å². The number of hydrogen-bond donors (Lipinski definition) is 2. The number of carboxylic acid groups (broad SMARTS) is 1. The average Bonchev–Trinajstić information content (AvgIpc) is 2.25. The Kier molecular flexibility index (Phi) is 4.84. The molecule has 0 amide bonds. The van der Waals surface area contributed by atoms with E-state index in [9.17, 15) is 4.79 Å². The summed E-state index contributed by atoms with van der Waals surface area (Å²) in [6.45, 7) is 2.82. The van der Waals surface area contributed by atoms with Crippen LogP contribution >= 0.6 is 0 Å². The SMILES string of the molecule is CCCCNC(C(=O)O)c1ccccc1. The summed E-state index contributed by atoms with van der Waals surface area (Å²) in [5.41, 5.74) is 0.807. The van der Waals surface area contributed by atoms with E-state index >= 15 is 0 Å². The third-order valence-corrected chi connectivity index (χ3v) is 2.26. The standard InChI is InChI=1S/C12H17NO2/c1-2-3-9-13-11(12(14)15)10-7-5-4-6-8-10/h4-8,11,13H,2-3,9H2,1H3,(H,14,15). The van der Waals surface area contributed by atoms with Crippen LogP contribution in [0.25, 0.3) is 0 Å². The maximum atomic E-state index is 11.0. The number of carbonyl (C=O) groups is 1. The van der Waals surface area contributed by atoms with Crippen molar-refractivity contribution in [3.05, 3.63) is 35.9 Å². The minimum Gasteiger partial charge on any atom is -0.480 e. The Bertz CT molecular complexity index is 298. The predicted octanol–water partition coefficient (Wildman–Crippen LogP) is 2.20. The molecule has 1 unspecified atom stereocenters. The average molecular weight is 207 g/mol. The van der Waals surface area contributed by atoms with Crippen LogP contribution in [0.2, 0.25) is 0 Å². The monoisotopic (exact) mass is 207 g/mol. The minimum absolute atomic E-state index is 0.585. The van der Waals surface area contributed by atoms with E-state index in [1.807, 2.05) is 30.3 Å². The van der Waals surface area contributed by atoms with Gasteiger partial charge in [-0.2, -0.15) is 0 Å². The van der Waals surface area contributed by atoms with Crippen molar-refractivity contribution >= 4 is 5.97 Å². The zero-order chi connectivity index (χ0) is 11.1. The highest BCUT2D eigenvalue weighted by molar-refractivity contribution is 5.75. The van der Waals surface area contributed by atoms with Crippen LogP contribution in [0, 0.1) is 0 Å². The van der Waals surface area contributed by atoms with Crippen LogP contribution in [0.1, 0.15) is 31.4 Å². The van der Waals surface area contributed by atoms with Gasteiger partial charge in [0.15, 0.2) is 0 Å². The van der Waals surface area contributed by atoms with Crippen molar-refractivity contribution < 1.29 is 9.90 Å². The molecule has 0 saturated heterocycles. The van der Waals surface area contributed by atoms with Crippen LogP contribution < -0.4 is 5.32 Å². The summed E-state index contributed by atoms with van der Waals surface area (Å²) in [4.78, 5) is 11.0. The van der Waals surface area contributed by atoms with Crippen LogP contribution in [-0.4, -0.2) is 17.6 Å². The highest BCUT2D eigenvalue weighted by atomic mass is 16.4. The normalized spacial score (nSPS) is 12.3. The van der Waals surface area contributed by atoms with E-state index in [1.165, 1.54) is 0 Å². The largest absolute Gasteiger partial charge is 0.480 e. The van der Waals surface area contributed by atoms with Crippen molar-refractivity contribution in [3.63, 3.8) is 0 Å². The first-order valence-electron chi connectivity index (χ1n) is 5.27. The van der Waals surface area contributed by atoms with E-state index in [2.05, 4.69) is 12.2 Å². The van der Waals surface area contributed by atoms with Gasteiger partial charge >= 0.3 is 5.97 Å². The second kappa shape index (κ2) is 6.19. The lowest BCUT2D eigenvalue weighted by Crippen LogP contribution is -2.29. The Morgan fingerprint density at radius 3 is 2.60 bits per heavy atom. The molecular weight excluding hydrogens is 190 g/mol. The molecule has 0 radical (unpaired) electrons. The maximum Gasteiger partial charge on any atom is 0.325 e. The molecule has 1 aromatic rings.